The Bertz CT molecular complexity index is 643. The van der Waals surface area contributed by atoms with Gasteiger partial charge in [-0.05, 0) is 44.6 Å². The molecule has 1 fully saturated rings. The first-order valence-electron chi connectivity index (χ1n) is 9.72. The normalized spacial score (nSPS) is 23.4. The van der Waals surface area contributed by atoms with Gasteiger partial charge in [0, 0.05) is 30.7 Å². The van der Waals surface area contributed by atoms with E-state index in [-0.39, 0.29) is 0 Å². The van der Waals surface area contributed by atoms with E-state index in [1.165, 1.54) is 11.8 Å². The number of nitrogens with zero attached hydrogens (tertiary/aromatic N) is 2. The number of likely N-dealkylation sites (tertiary alicyclic amines) is 1. The van der Waals surface area contributed by atoms with Crippen LogP contribution in [0.25, 0.3) is 0 Å². The molecule has 2 heterocycles. The molecule has 28 heavy (non-hydrogen) atoms. The van der Waals surface area contributed by atoms with E-state index >= 15 is 0 Å². The van der Waals surface area contributed by atoms with Crippen molar-refractivity contribution in [3.63, 3.8) is 0 Å². The number of piperidine rings is 1. The fraction of sp³-hybridized carbons (Fsp3) is 0.789. The molecule has 2 rings (SSSR count). The van der Waals surface area contributed by atoms with Crippen LogP contribution in [0.3, 0.4) is 0 Å². The predicted molar refractivity (Wildman–Crippen MR) is 103 cm³/mol. The number of carbonyl (C=O) groups excluding carboxylic acids is 1. The molecule has 0 aromatic carbocycles. The quantitative estimate of drug-likeness (QED) is 0.631. The summed E-state index contributed by atoms with van der Waals surface area (Å²) in [7, 11) is 0. The number of unbranched alkanes of at least 4 members (excludes halogenated alkanes) is 1. The van der Waals surface area contributed by atoms with Crippen LogP contribution in [0.1, 0.15) is 50.2 Å². The second kappa shape index (κ2) is 9.54. The summed E-state index contributed by atoms with van der Waals surface area (Å²) in [6, 6.07) is 0. The number of rotatable bonds is 8. The van der Waals surface area contributed by atoms with E-state index < -0.39 is 29.1 Å². The monoisotopic (exact) mass is 421 g/mol. The van der Waals surface area contributed by atoms with Gasteiger partial charge < -0.3 is 15.3 Å². The average Bonchev–Trinajstić information content (AvgIpc) is 2.99. The van der Waals surface area contributed by atoms with Gasteiger partial charge >= 0.3 is 6.18 Å². The van der Waals surface area contributed by atoms with E-state index in [1.54, 1.807) is 6.92 Å². The Morgan fingerprint density at radius 1 is 1.32 bits per heavy atom. The van der Waals surface area contributed by atoms with Crippen molar-refractivity contribution in [2.45, 2.75) is 58.2 Å². The zero-order chi connectivity index (χ0) is 20.9. The summed E-state index contributed by atoms with van der Waals surface area (Å²) in [4.78, 5) is 18.2. The van der Waals surface area contributed by atoms with Crippen molar-refractivity contribution < 1.29 is 23.1 Å². The minimum absolute atomic E-state index is 0.294. The lowest BCUT2D eigenvalue weighted by atomic mass is 9.92. The van der Waals surface area contributed by atoms with Gasteiger partial charge in [0.25, 0.3) is 0 Å². The van der Waals surface area contributed by atoms with Gasteiger partial charge in [-0.25, -0.2) is 4.98 Å². The minimum Gasteiger partial charge on any atom is -0.374 e. The lowest BCUT2D eigenvalue weighted by Gasteiger charge is -2.34. The van der Waals surface area contributed by atoms with Crippen LogP contribution in [-0.4, -0.2) is 53.3 Å². The van der Waals surface area contributed by atoms with Crippen LogP contribution in [-0.2, 0) is 10.4 Å². The Balaban J connectivity index is 1.77. The number of thiazole rings is 1. The molecule has 5 nitrogen and oxygen atoms in total. The average molecular weight is 422 g/mol. The maximum atomic E-state index is 13.4. The molecular weight excluding hydrogens is 391 g/mol. The van der Waals surface area contributed by atoms with Crippen molar-refractivity contribution in [1.82, 2.24) is 15.2 Å². The highest BCUT2D eigenvalue weighted by molar-refractivity contribution is 7.09. The van der Waals surface area contributed by atoms with E-state index in [9.17, 15) is 23.1 Å². The summed E-state index contributed by atoms with van der Waals surface area (Å²) >= 11 is 0.707. The summed E-state index contributed by atoms with van der Waals surface area (Å²) in [6.45, 7) is 9.40. The number of halogens is 3. The molecule has 0 saturated carbocycles. The van der Waals surface area contributed by atoms with E-state index in [4.69, 9.17) is 0 Å². The highest BCUT2D eigenvalue weighted by atomic mass is 32.1. The van der Waals surface area contributed by atoms with Gasteiger partial charge in [-0.3, -0.25) is 4.79 Å². The fourth-order valence-corrected chi connectivity index (χ4v) is 4.71. The van der Waals surface area contributed by atoms with Crippen LogP contribution in [0.5, 0.6) is 0 Å². The Hall–Kier alpha value is -1.19. The first-order chi connectivity index (χ1) is 13.0. The molecular formula is C19H30F3N3O2S. The summed E-state index contributed by atoms with van der Waals surface area (Å²) in [5.74, 6) is 0.531. The molecule has 1 aliphatic rings. The third-order valence-electron chi connectivity index (χ3n) is 5.03. The molecule has 9 heteroatoms. The zero-order valence-electron chi connectivity index (χ0n) is 16.7. The lowest BCUT2D eigenvalue weighted by Crippen LogP contribution is -2.46. The number of carbonyl (C=O) groups is 1. The summed E-state index contributed by atoms with van der Waals surface area (Å²) in [5, 5.41) is 13.6. The number of hydrogen-bond donors (Lipinski definition) is 2. The molecule has 3 unspecified atom stereocenters. The van der Waals surface area contributed by atoms with Crippen LogP contribution < -0.4 is 5.32 Å². The van der Waals surface area contributed by atoms with Gasteiger partial charge in [-0.1, -0.05) is 13.8 Å². The van der Waals surface area contributed by atoms with Crippen molar-refractivity contribution in [2.75, 3.05) is 26.2 Å². The number of aryl methyl sites for hydroxylation is 1. The number of alkyl halides is 3. The predicted octanol–water partition coefficient (Wildman–Crippen LogP) is 3.47. The molecule has 0 bridgehead atoms. The highest BCUT2D eigenvalue weighted by Crippen LogP contribution is 2.42. The van der Waals surface area contributed by atoms with E-state index in [2.05, 4.69) is 29.0 Å². The molecule has 1 aliphatic heterocycles. The zero-order valence-corrected chi connectivity index (χ0v) is 17.5. The second-order valence-electron chi connectivity index (χ2n) is 8.09. The van der Waals surface area contributed by atoms with Crippen LogP contribution >= 0.6 is 11.3 Å². The molecule has 1 amide bonds. The maximum Gasteiger partial charge on any atom is 0.424 e. The van der Waals surface area contributed by atoms with Crippen molar-refractivity contribution >= 4 is 17.2 Å². The summed E-state index contributed by atoms with van der Waals surface area (Å²) < 4.78 is 40.2. The van der Waals surface area contributed by atoms with Crippen molar-refractivity contribution in [1.29, 1.82) is 0 Å². The van der Waals surface area contributed by atoms with Gasteiger partial charge in [0.2, 0.25) is 11.5 Å². The topological polar surface area (TPSA) is 65.5 Å². The molecule has 3 atom stereocenters. The second-order valence-corrected chi connectivity index (χ2v) is 8.95. The molecule has 0 radical (unpaired) electrons. The first-order valence-corrected chi connectivity index (χ1v) is 10.6. The van der Waals surface area contributed by atoms with Gasteiger partial charge in [0.05, 0.1) is 6.42 Å². The SMILES string of the molecule is Cc1csc(C(O)(CC(=O)NCCCCN2CC(C)CC(C)C2)C(F)(F)F)n1. The molecule has 0 spiro atoms. The molecule has 0 aliphatic carbocycles. The number of hydrogen-bond acceptors (Lipinski definition) is 5. The van der Waals surface area contributed by atoms with E-state index in [0.29, 0.717) is 41.8 Å². The Labute approximate surface area is 168 Å². The standard InChI is InChI=1S/C19H30F3N3O2S/c1-13-8-14(2)11-25(10-13)7-5-4-6-23-16(26)9-18(27,19(20,21)22)17-24-15(3)12-28-17/h12-14,27H,4-11H2,1-3H3,(H,23,26). The Kier molecular flexibility index (Phi) is 7.87. The maximum absolute atomic E-state index is 13.4. The molecule has 1 aromatic rings. The molecule has 1 aromatic heterocycles. The van der Waals surface area contributed by atoms with Crippen LogP contribution in [0.2, 0.25) is 0 Å². The lowest BCUT2D eigenvalue weighted by molar-refractivity contribution is -0.267. The van der Waals surface area contributed by atoms with Crippen LogP contribution in [0, 0.1) is 18.8 Å². The smallest absolute Gasteiger partial charge is 0.374 e. The third-order valence-corrected chi connectivity index (χ3v) is 6.14. The van der Waals surface area contributed by atoms with Gasteiger partial charge in [-0.2, -0.15) is 13.2 Å². The number of aliphatic hydroxyl groups is 1. The number of aromatic nitrogens is 1. The number of nitrogens with one attached hydrogen (secondary N) is 1. The largest absolute Gasteiger partial charge is 0.424 e. The van der Waals surface area contributed by atoms with Gasteiger partial charge in [0.15, 0.2) is 0 Å². The Morgan fingerprint density at radius 2 is 1.96 bits per heavy atom. The van der Waals surface area contributed by atoms with Crippen LogP contribution in [0.4, 0.5) is 13.2 Å². The summed E-state index contributed by atoms with van der Waals surface area (Å²) in [5.41, 5.74) is -2.87. The fourth-order valence-electron chi connectivity index (χ4n) is 3.80. The first kappa shape index (κ1) is 23.1. The summed E-state index contributed by atoms with van der Waals surface area (Å²) in [6.07, 6.45) is -3.26. The number of amides is 1. The highest BCUT2D eigenvalue weighted by Gasteiger charge is 2.58. The third kappa shape index (κ3) is 6.15. The molecule has 160 valence electrons. The van der Waals surface area contributed by atoms with Crippen LogP contribution in [0.15, 0.2) is 5.38 Å². The minimum atomic E-state index is -4.98. The van der Waals surface area contributed by atoms with E-state index in [0.717, 1.165) is 26.1 Å². The van der Waals surface area contributed by atoms with E-state index in [1.807, 2.05) is 0 Å². The van der Waals surface area contributed by atoms with Gasteiger partial charge in [0.1, 0.15) is 5.01 Å². The molecule has 2 N–H and O–H groups in total. The van der Waals surface area contributed by atoms with Crippen molar-refractivity contribution in [3.05, 3.63) is 16.1 Å². The Morgan fingerprint density at radius 3 is 2.50 bits per heavy atom. The van der Waals surface area contributed by atoms with Gasteiger partial charge in [-0.15, -0.1) is 11.3 Å². The van der Waals surface area contributed by atoms with Crippen molar-refractivity contribution in [2.24, 2.45) is 11.8 Å². The van der Waals surface area contributed by atoms with Crippen molar-refractivity contribution in [3.8, 4) is 0 Å². The molecule has 1 saturated heterocycles.